The average Bonchev–Trinajstić information content (AvgIpc) is 2.96. The molecule has 0 aliphatic carbocycles. The SMILES string of the molecule is O=C(CC1Sc2ccc(C(F)(F)F)cc2NC1=O)OCN1C(=O)c2ccccc2C1=O. The van der Waals surface area contributed by atoms with Gasteiger partial charge in [-0.25, -0.2) is 4.90 Å². The Bertz CT molecular complexity index is 1080. The minimum absolute atomic E-state index is 0.0143. The molecule has 0 radical (unpaired) electrons. The quantitative estimate of drug-likeness (QED) is 0.568. The molecule has 0 saturated carbocycles. The number of carbonyl (C=O) groups excluding carboxylic acids is 4. The molecule has 2 aromatic rings. The van der Waals surface area contributed by atoms with E-state index in [1.54, 1.807) is 12.1 Å². The number of nitrogens with one attached hydrogen (secondary N) is 1. The summed E-state index contributed by atoms with van der Waals surface area (Å²) in [6, 6.07) is 9.13. The van der Waals surface area contributed by atoms with E-state index in [-0.39, 0.29) is 23.2 Å². The van der Waals surface area contributed by atoms with Crippen LogP contribution in [-0.2, 0) is 20.5 Å². The van der Waals surface area contributed by atoms with Gasteiger partial charge < -0.3 is 10.1 Å². The van der Waals surface area contributed by atoms with Gasteiger partial charge in [0.25, 0.3) is 11.8 Å². The second-order valence-corrected chi connectivity index (χ2v) is 7.98. The van der Waals surface area contributed by atoms with Crippen molar-refractivity contribution in [2.24, 2.45) is 0 Å². The molecule has 3 amide bonds. The summed E-state index contributed by atoms with van der Waals surface area (Å²) in [4.78, 5) is 50.1. The summed E-state index contributed by atoms with van der Waals surface area (Å²) in [5.74, 6) is -2.66. The number of amides is 3. The van der Waals surface area contributed by atoms with Gasteiger partial charge in [0.15, 0.2) is 6.73 Å². The number of anilines is 1. The van der Waals surface area contributed by atoms with Crippen LogP contribution in [0.5, 0.6) is 0 Å². The van der Waals surface area contributed by atoms with Gasteiger partial charge in [-0.2, -0.15) is 13.2 Å². The van der Waals surface area contributed by atoms with Crippen molar-refractivity contribution in [3.05, 3.63) is 59.2 Å². The Morgan fingerprint density at radius 2 is 1.71 bits per heavy atom. The fourth-order valence-electron chi connectivity index (χ4n) is 3.16. The fourth-order valence-corrected chi connectivity index (χ4v) is 4.24. The molecule has 7 nitrogen and oxygen atoms in total. The van der Waals surface area contributed by atoms with Crippen LogP contribution in [0.2, 0.25) is 0 Å². The molecular weight excluding hydrogens is 437 g/mol. The standard InChI is InChI=1S/C20H13F3N2O5S/c21-20(22,23)10-5-6-14-13(7-10)24-17(27)15(31-14)8-16(26)30-9-25-18(28)11-3-1-2-4-12(11)19(25)29/h1-7,15H,8-9H2,(H,24,27). The van der Waals surface area contributed by atoms with Crippen molar-refractivity contribution in [1.82, 2.24) is 4.90 Å². The van der Waals surface area contributed by atoms with E-state index in [1.807, 2.05) is 0 Å². The zero-order chi connectivity index (χ0) is 22.3. The topological polar surface area (TPSA) is 92.8 Å². The highest BCUT2D eigenvalue weighted by Crippen LogP contribution is 2.40. The van der Waals surface area contributed by atoms with Crippen LogP contribution in [0.25, 0.3) is 0 Å². The molecule has 2 aliphatic heterocycles. The summed E-state index contributed by atoms with van der Waals surface area (Å²) in [7, 11) is 0. The van der Waals surface area contributed by atoms with Crippen LogP contribution in [0.15, 0.2) is 47.4 Å². The first-order chi connectivity index (χ1) is 14.6. The fraction of sp³-hybridized carbons (Fsp3) is 0.200. The maximum absolute atomic E-state index is 12.8. The molecule has 1 atom stereocenters. The first kappa shape index (κ1) is 20.9. The van der Waals surface area contributed by atoms with Crippen LogP contribution in [0.4, 0.5) is 18.9 Å². The molecule has 31 heavy (non-hydrogen) atoms. The summed E-state index contributed by atoms with van der Waals surface area (Å²) >= 11 is 0.934. The number of nitrogens with zero attached hydrogens (tertiary/aromatic N) is 1. The van der Waals surface area contributed by atoms with E-state index < -0.39 is 47.4 Å². The Balaban J connectivity index is 1.37. The molecular formula is C20H13F3N2O5S. The predicted molar refractivity (Wildman–Crippen MR) is 102 cm³/mol. The number of halogens is 3. The molecule has 0 aromatic heterocycles. The van der Waals surface area contributed by atoms with Gasteiger partial charge in [0.05, 0.1) is 34.0 Å². The second kappa shape index (κ2) is 7.73. The van der Waals surface area contributed by atoms with Crippen LogP contribution in [0, 0.1) is 0 Å². The lowest BCUT2D eigenvalue weighted by molar-refractivity contribution is -0.147. The van der Waals surface area contributed by atoms with Crippen molar-refractivity contribution < 1.29 is 37.1 Å². The largest absolute Gasteiger partial charge is 0.444 e. The van der Waals surface area contributed by atoms with Gasteiger partial charge in [0, 0.05) is 4.90 Å². The summed E-state index contributed by atoms with van der Waals surface area (Å²) in [5.41, 5.74) is -0.465. The van der Waals surface area contributed by atoms with E-state index in [4.69, 9.17) is 4.74 Å². The average molecular weight is 450 g/mol. The number of rotatable bonds is 4. The first-order valence-electron chi connectivity index (χ1n) is 8.95. The van der Waals surface area contributed by atoms with Gasteiger partial charge in [-0.15, -0.1) is 11.8 Å². The molecule has 11 heteroatoms. The number of imide groups is 1. The smallest absolute Gasteiger partial charge is 0.416 e. The van der Waals surface area contributed by atoms with Crippen molar-refractivity contribution in [2.75, 3.05) is 12.0 Å². The lowest BCUT2D eigenvalue weighted by atomic mass is 10.1. The first-order valence-corrected chi connectivity index (χ1v) is 9.83. The summed E-state index contributed by atoms with van der Waals surface area (Å²) in [6.07, 6.45) is -4.94. The molecule has 4 rings (SSSR count). The van der Waals surface area contributed by atoms with E-state index in [1.165, 1.54) is 18.2 Å². The third-order valence-corrected chi connectivity index (χ3v) is 5.99. The number of hydrogen-bond donors (Lipinski definition) is 1. The zero-order valence-electron chi connectivity index (χ0n) is 15.6. The van der Waals surface area contributed by atoms with Gasteiger partial charge in [-0.3, -0.25) is 19.2 Å². The molecule has 1 unspecified atom stereocenters. The molecule has 2 heterocycles. The monoisotopic (exact) mass is 450 g/mol. The third-order valence-electron chi connectivity index (χ3n) is 4.71. The Morgan fingerprint density at radius 3 is 2.32 bits per heavy atom. The van der Waals surface area contributed by atoms with Crippen LogP contribution in [-0.4, -0.2) is 40.6 Å². The second-order valence-electron chi connectivity index (χ2n) is 6.74. The Kier molecular flexibility index (Phi) is 5.21. The summed E-state index contributed by atoms with van der Waals surface area (Å²) in [5, 5.41) is 1.43. The van der Waals surface area contributed by atoms with Crippen LogP contribution < -0.4 is 5.32 Å². The van der Waals surface area contributed by atoms with E-state index in [0.29, 0.717) is 4.90 Å². The maximum Gasteiger partial charge on any atom is 0.416 e. The number of carbonyl (C=O) groups is 4. The van der Waals surface area contributed by atoms with E-state index in [9.17, 15) is 32.3 Å². The minimum Gasteiger partial charge on any atom is -0.444 e. The van der Waals surface area contributed by atoms with E-state index in [0.717, 1.165) is 28.8 Å². The lowest BCUT2D eigenvalue weighted by Crippen LogP contribution is -2.35. The Morgan fingerprint density at radius 1 is 1.06 bits per heavy atom. The predicted octanol–water partition coefficient (Wildman–Crippen LogP) is 3.31. The molecule has 0 saturated heterocycles. The molecule has 1 N–H and O–H groups in total. The van der Waals surface area contributed by atoms with Crippen LogP contribution >= 0.6 is 11.8 Å². The third kappa shape index (κ3) is 4.00. The van der Waals surface area contributed by atoms with Crippen molar-refractivity contribution in [3.63, 3.8) is 0 Å². The molecule has 0 bridgehead atoms. The van der Waals surface area contributed by atoms with Crippen molar-refractivity contribution in [1.29, 1.82) is 0 Å². The van der Waals surface area contributed by atoms with Crippen molar-refractivity contribution in [2.45, 2.75) is 22.7 Å². The maximum atomic E-state index is 12.8. The number of hydrogen-bond acceptors (Lipinski definition) is 6. The molecule has 160 valence electrons. The van der Waals surface area contributed by atoms with Gasteiger partial charge in [0.2, 0.25) is 5.91 Å². The number of benzene rings is 2. The number of thioether (sulfide) groups is 1. The number of ether oxygens (including phenoxy) is 1. The highest BCUT2D eigenvalue weighted by molar-refractivity contribution is 8.01. The molecule has 0 fully saturated rings. The molecule has 2 aromatic carbocycles. The lowest BCUT2D eigenvalue weighted by Gasteiger charge is -2.24. The van der Waals surface area contributed by atoms with Crippen LogP contribution in [0.1, 0.15) is 32.7 Å². The van der Waals surface area contributed by atoms with Gasteiger partial charge in [0.1, 0.15) is 0 Å². The van der Waals surface area contributed by atoms with Gasteiger partial charge in [-0.05, 0) is 30.3 Å². The number of alkyl halides is 3. The summed E-state index contributed by atoms with van der Waals surface area (Å²) < 4.78 is 43.5. The van der Waals surface area contributed by atoms with E-state index in [2.05, 4.69) is 5.32 Å². The highest BCUT2D eigenvalue weighted by atomic mass is 32.2. The number of fused-ring (bicyclic) bond motifs is 2. The van der Waals surface area contributed by atoms with Gasteiger partial charge in [-0.1, -0.05) is 12.1 Å². The Labute approximate surface area is 177 Å². The van der Waals surface area contributed by atoms with Crippen molar-refractivity contribution in [3.8, 4) is 0 Å². The molecule has 0 spiro atoms. The Hall–Kier alpha value is -3.34. The van der Waals surface area contributed by atoms with Gasteiger partial charge >= 0.3 is 12.1 Å². The zero-order valence-corrected chi connectivity index (χ0v) is 16.4. The normalized spacial score (nSPS) is 17.8. The highest BCUT2D eigenvalue weighted by Gasteiger charge is 2.37. The van der Waals surface area contributed by atoms with E-state index >= 15 is 0 Å². The number of esters is 1. The minimum atomic E-state index is -4.55. The molecule has 2 aliphatic rings. The summed E-state index contributed by atoms with van der Waals surface area (Å²) in [6.45, 7) is -0.601. The van der Waals surface area contributed by atoms with Crippen molar-refractivity contribution >= 4 is 41.1 Å². The van der Waals surface area contributed by atoms with Crippen LogP contribution in [0.3, 0.4) is 0 Å².